The number of carbonyl (C=O) groups excluding carboxylic acids is 2. The molecule has 0 radical (unpaired) electrons. The van der Waals surface area contributed by atoms with Gasteiger partial charge in [-0.05, 0) is 42.9 Å². The van der Waals surface area contributed by atoms with Crippen LogP contribution in [0.2, 0.25) is 0 Å². The largest absolute Gasteiger partial charge is 0.460 e. The summed E-state index contributed by atoms with van der Waals surface area (Å²) in [6, 6.07) is 0. The highest BCUT2D eigenvalue weighted by Gasteiger charge is 2.68. The van der Waals surface area contributed by atoms with Crippen molar-refractivity contribution < 1.29 is 24.5 Å². The Bertz CT molecular complexity index is 645. The van der Waals surface area contributed by atoms with E-state index in [-0.39, 0.29) is 29.0 Å². The minimum atomic E-state index is -0.686. The highest BCUT2D eigenvalue weighted by atomic mass is 16.6. The molecule has 0 unspecified atom stereocenters. The highest BCUT2D eigenvalue weighted by molar-refractivity contribution is 5.85. The van der Waals surface area contributed by atoms with Gasteiger partial charge in [0.15, 0.2) is 0 Å². The van der Waals surface area contributed by atoms with Gasteiger partial charge in [-0.15, -0.1) is 6.58 Å². The Morgan fingerprint density at radius 1 is 1.33 bits per heavy atom. The summed E-state index contributed by atoms with van der Waals surface area (Å²) in [5, 5.41) is 20.6. The lowest BCUT2D eigenvalue weighted by atomic mass is 9.44. The molecule has 8 atom stereocenters. The molecular formula is C22H34O5. The average Bonchev–Trinajstić information content (AvgIpc) is 3.00. The highest BCUT2D eigenvalue weighted by Crippen LogP contribution is 2.67. The van der Waals surface area contributed by atoms with Crippen molar-refractivity contribution >= 4 is 11.8 Å². The van der Waals surface area contributed by atoms with Crippen LogP contribution in [-0.2, 0) is 14.3 Å². The second kappa shape index (κ2) is 6.70. The fourth-order valence-corrected chi connectivity index (χ4v) is 6.70. The summed E-state index contributed by atoms with van der Waals surface area (Å²) in [5.74, 6) is -0.520. The lowest BCUT2D eigenvalue weighted by Gasteiger charge is -2.61. The molecule has 3 saturated carbocycles. The van der Waals surface area contributed by atoms with Gasteiger partial charge in [0.2, 0.25) is 0 Å². The minimum Gasteiger partial charge on any atom is -0.460 e. The summed E-state index contributed by atoms with van der Waals surface area (Å²) in [6.07, 6.45) is 4.10. The zero-order valence-corrected chi connectivity index (χ0v) is 17.0. The van der Waals surface area contributed by atoms with Gasteiger partial charge in [-0.1, -0.05) is 33.8 Å². The van der Waals surface area contributed by atoms with Crippen LogP contribution in [0.15, 0.2) is 12.7 Å². The molecule has 0 heterocycles. The van der Waals surface area contributed by atoms with Crippen molar-refractivity contribution in [2.24, 2.45) is 34.0 Å². The number of Topliss-reactive ketones (excluding diaryl/α,β-unsaturated/α-hetero) is 1. The van der Waals surface area contributed by atoms with Crippen molar-refractivity contribution in [3.05, 3.63) is 12.7 Å². The number of ketones is 1. The monoisotopic (exact) mass is 378 g/mol. The number of aliphatic hydroxyl groups excluding tert-OH is 2. The van der Waals surface area contributed by atoms with Gasteiger partial charge in [-0.25, -0.2) is 4.79 Å². The SMILES string of the molecule is C=C[C@]1(C)C[C@H](OC(=O)CO)[C@@]2(C)[C@H](C)CC[C@@]3(CCC(=O)[C@@H]32)[C@H](C)[C@@H]1O. The van der Waals surface area contributed by atoms with Crippen LogP contribution in [0.25, 0.3) is 0 Å². The van der Waals surface area contributed by atoms with Gasteiger partial charge in [-0.2, -0.15) is 0 Å². The van der Waals surface area contributed by atoms with Crippen LogP contribution in [0, 0.1) is 34.0 Å². The maximum Gasteiger partial charge on any atom is 0.332 e. The van der Waals surface area contributed by atoms with Gasteiger partial charge >= 0.3 is 5.97 Å². The summed E-state index contributed by atoms with van der Waals surface area (Å²) in [4.78, 5) is 25.2. The van der Waals surface area contributed by atoms with E-state index in [9.17, 15) is 19.8 Å². The minimum absolute atomic E-state index is 0.0433. The maximum atomic E-state index is 13.1. The Kier molecular flexibility index (Phi) is 5.09. The zero-order valence-electron chi connectivity index (χ0n) is 17.0. The van der Waals surface area contributed by atoms with E-state index in [0.29, 0.717) is 12.8 Å². The smallest absolute Gasteiger partial charge is 0.332 e. The van der Waals surface area contributed by atoms with Gasteiger partial charge in [0.05, 0.1) is 6.10 Å². The first kappa shape index (κ1) is 20.5. The maximum absolute atomic E-state index is 13.1. The van der Waals surface area contributed by atoms with E-state index < -0.39 is 35.6 Å². The van der Waals surface area contributed by atoms with Crippen LogP contribution < -0.4 is 0 Å². The number of aliphatic hydroxyl groups is 2. The summed E-state index contributed by atoms with van der Waals surface area (Å²) in [7, 11) is 0. The van der Waals surface area contributed by atoms with E-state index in [2.05, 4.69) is 27.4 Å². The predicted octanol–water partition coefficient (Wildman–Crippen LogP) is 2.89. The third kappa shape index (κ3) is 2.72. The van der Waals surface area contributed by atoms with Gasteiger partial charge in [0.25, 0.3) is 0 Å². The molecule has 0 spiro atoms. The van der Waals surface area contributed by atoms with Crippen molar-refractivity contribution in [1.29, 1.82) is 0 Å². The molecule has 2 N–H and O–H groups in total. The third-order valence-corrected chi connectivity index (χ3v) is 8.70. The van der Waals surface area contributed by atoms with Gasteiger partial charge in [0, 0.05) is 23.2 Å². The van der Waals surface area contributed by atoms with Gasteiger partial charge in [-0.3, -0.25) is 4.79 Å². The molecule has 0 amide bonds. The number of hydrogen-bond donors (Lipinski definition) is 2. The number of hydrogen-bond acceptors (Lipinski definition) is 5. The molecule has 3 fully saturated rings. The molecule has 3 aliphatic rings. The lowest BCUT2D eigenvalue weighted by molar-refractivity contribution is -0.207. The molecule has 152 valence electrons. The number of esters is 1. The van der Waals surface area contributed by atoms with E-state index in [0.717, 1.165) is 19.3 Å². The normalized spacial score (nSPS) is 49.7. The molecule has 5 heteroatoms. The second-order valence-electron chi connectivity index (χ2n) is 9.72. The van der Waals surface area contributed by atoms with Crippen LogP contribution in [-0.4, -0.2) is 40.8 Å². The zero-order chi connectivity index (χ0) is 20.2. The molecule has 0 saturated heterocycles. The molecule has 2 bridgehead atoms. The van der Waals surface area contributed by atoms with Crippen LogP contribution in [0.4, 0.5) is 0 Å². The van der Waals surface area contributed by atoms with Crippen molar-refractivity contribution in [3.8, 4) is 0 Å². The van der Waals surface area contributed by atoms with Gasteiger partial charge < -0.3 is 14.9 Å². The Hall–Kier alpha value is -1.20. The first-order valence-electron chi connectivity index (χ1n) is 10.2. The molecule has 5 nitrogen and oxygen atoms in total. The van der Waals surface area contributed by atoms with Crippen molar-refractivity contribution in [2.45, 2.75) is 72.0 Å². The molecule has 3 rings (SSSR count). The fourth-order valence-electron chi connectivity index (χ4n) is 6.70. The Morgan fingerprint density at radius 3 is 2.59 bits per heavy atom. The number of rotatable bonds is 3. The summed E-state index contributed by atoms with van der Waals surface area (Å²) in [5.41, 5.74) is -1.43. The van der Waals surface area contributed by atoms with Crippen LogP contribution in [0.5, 0.6) is 0 Å². The second-order valence-corrected chi connectivity index (χ2v) is 9.72. The molecule has 0 aromatic rings. The van der Waals surface area contributed by atoms with E-state index in [1.54, 1.807) is 6.08 Å². The molecular weight excluding hydrogens is 344 g/mol. The van der Waals surface area contributed by atoms with Crippen LogP contribution >= 0.6 is 0 Å². The molecule has 27 heavy (non-hydrogen) atoms. The fraction of sp³-hybridized carbons (Fsp3) is 0.818. The first-order chi connectivity index (χ1) is 12.6. The Labute approximate surface area is 162 Å². The topological polar surface area (TPSA) is 83.8 Å². The van der Waals surface area contributed by atoms with E-state index >= 15 is 0 Å². The molecule has 0 aromatic heterocycles. The Morgan fingerprint density at radius 2 is 2.00 bits per heavy atom. The van der Waals surface area contributed by atoms with Crippen molar-refractivity contribution in [2.75, 3.05) is 6.61 Å². The first-order valence-corrected chi connectivity index (χ1v) is 10.2. The van der Waals surface area contributed by atoms with E-state index in [1.807, 2.05) is 6.92 Å². The predicted molar refractivity (Wildman–Crippen MR) is 102 cm³/mol. The summed E-state index contributed by atoms with van der Waals surface area (Å²) in [6.45, 7) is 11.5. The van der Waals surface area contributed by atoms with Crippen LogP contribution in [0.1, 0.15) is 59.8 Å². The number of carbonyl (C=O) groups is 2. The third-order valence-electron chi connectivity index (χ3n) is 8.70. The van der Waals surface area contributed by atoms with E-state index in [1.165, 1.54) is 0 Å². The van der Waals surface area contributed by atoms with Crippen molar-refractivity contribution in [3.63, 3.8) is 0 Å². The lowest BCUT2D eigenvalue weighted by Crippen LogP contribution is -2.63. The van der Waals surface area contributed by atoms with Crippen molar-refractivity contribution in [1.82, 2.24) is 0 Å². The van der Waals surface area contributed by atoms with E-state index in [4.69, 9.17) is 4.74 Å². The number of ether oxygens (including phenoxy) is 1. The molecule has 0 aromatic carbocycles. The van der Waals surface area contributed by atoms with Crippen LogP contribution in [0.3, 0.4) is 0 Å². The summed E-state index contributed by atoms with van der Waals surface area (Å²) < 4.78 is 5.77. The Balaban J connectivity index is 2.21. The molecule has 0 aliphatic heterocycles. The summed E-state index contributed by atoms with van der Waals surface area (Å²) >= 11 is 0. The average molecular weight is 379 g/mol. The molecule has 3 aliphatic carbocycles. The van der Waals surface area contributed by atoms with Gasteiger partial charge in [0.1, 0.15) is 18.5 Å². The quantitative estimate of drug-likeness (QED) is 0.583. The standard InChI is InChI=1S/C22H34O5/c1-6-20(4)11-16(27-17(25)12-23)21(5)13(2)7-9-22(14(3)19(20)26)10-8-15(24)18(21)22/h6,13-14,16,18-19,23,26H,1,7-12H2,2-5H3/t13-,14-,16+,18-,19+,20-,21-,22-/m1/s1.